The van der Waals surface area contributed by atoms with E-state index in [1.807, 2.05) is 30.3 Å². The van der Waals surface area contributed by atoms with E-state index in [4.69, 9.17) is 27.6 Å². The molecule has 0 radical (unpaired) electrons. The number of aromatic nitrogens is 2. The van der Waals surface area contributed by atoms with E-state index in [9.17, 15) is 8.42 Å². The molecule has 6 nitrogen and oxygen atoms in total. The van der Waals surface area contributed by atoms with Crippen LogP contribution in [0.3, 0.4) is 0 Å². The minimum atomic E-state index is -3.59. The molecule has 3 rings (SSSR count). The average molecular weight is 412 g/mol. The van der Waals surface area contributed by atoms with E-state index in [1.54, 1.807) is 12.1 Å². The van der Waals surface area contributed by atoms with Gasteiger partial charge in [-0.3, -0.25) is 0 Å². The lowest BCUT2D eigenvalue weighted by Crippen LogP contribution is -2.27. The third-order valence-electron chi connectivity index (χ3n) is 3.65. The maximum atomic E-state index is 12.5. The van der Waals surface area contributed by atoms with Crippen molar-refractivity contribution in [3.8, 4) is 11.5 Å². The Balaban J connectivity index is 1.71. The van der Waals surface area contributed by atoms with Crippen LogP contribution >= 0.6 is 23.2 Å². The maximum absolute atomic E-state index is 12.5. The van der Waals surface area contributed by atoms with Gasteiger partial charge in [0.1, 0.15) is 0 Å². The molecule has 0 amide bonds. The van der Waals surface area contributed by atoms with Crippen LogP contribution in [0.25, 0.3) is 11.5 Å². The van der Waals surface area contributed by atoms with Crippen LogP contribution in [0, 0.1) is 0 Å². The lowest BCUT2D eigenvalue weighted by Gasteiger charge is -2.15. The van der Waals surface area contributed by atoms with Gasteiger partial charge in [0.25, 0.3) is 0 Å². The zero-order chi connectivity index (χ0) is 18.7. The summed E-state index contributed by atoms with van der Waals surface area (Å²) in [6.07, 6.45) is 0. The van der Waals surface area contributed by atoms with Crippen LogP contribution in [0.5, 0.6) is 0 Å². The Kier molecular flexibility index (Phi) is 5.62. The minimum absolute atomic E-state index is 0.0243. The van der Waals surface area contributed by atoms with Crippen molar-refractivity contribution in [2.45, 2.75) is 12.3 Å². The third kappa shape index (κ3) is 4.42. The highest BCUT2D eigenvalue weighted by Crippen LogP contribution is 2.24. The monoisotopic (exact) mass is 411 g/mol. The van der Waals surface area contributed by atoms with Crippen molar-refractivity contribution in [3.05, 3.63) is 70.0 Å². The van der Waals surface area contributed by atoms with Crippen molar-refractivity contribution < 1.29 is 12.8 Å². The van der Waals surface area contributed by atoms with Gasteiger partial charge in [-0.05, 0) is 29.8 Å². The normalized spacial score (nSPS) is 11.8. The highest BCUT2D eigenvalue weighted by Gasteiger charge is 2.22. The van der Waals surface area contributed by atoms with Gasteiger partial charge in [0.05, 0.1) is 22.3 Å². The van der Waals surface area contributed by atoms with Crippen LogP contribution < -0.4 is 0 Å². The Morgan fingerprint density at radius 3 is 2.46 bits per heavy atom. The molecule has 3 aromatic rings. The Morgan fingerprint density at radius 1 is 1.04 bits per heavy atom. The van der Waals surface area contributed by atoms with E-state index in [1.165, 1.54) is 13.1 Å². The lowest BCUT2D eigenvalue weighted by atomic mass is 10.2. The van der Waals surface area contributed by atoms with Crippen LogP contribution in [0.15, 0.2) is 52.9 Å². The first kappa shape index (κ1) is 18.8. The summed E-state index contributed by atoms with van der Waals surface area (Å²) < 4.78 is 31.8. The summed E-state index contributed by atoms with van der Waals surface area (Å²) in [4.78, 5) is 0. The molecule has 0 unspecified atom stereocenters. The van der Waals surface area contributed by atoms with Crippen molar-refractivity contribution >= 4 is 33.2 Å². The van der Waals surface area contributed by atoms with Crippen LogP contribution in [-0.4, -0.2) is 30.0 Å². The zero-order valence-electron chi connectivity index (χ0n) is 13.8. The molecule has 26 heavy (non-hydrogen) atoms. The molecule has 0 spiro atoms. The quantitative estimate of drug-likeness (QED) is 0.612. The van der Waals surface area contributed by atoms with Crippen LogP contribution in [0.4, 0.5) is 0 Å². The summed E-state index contributed by atoms with van der Waals surface area (Å²) >= 11 is 11.8. The highest BCUT2D eigenvalue weighted by atomic mass is 35.5. The molecular weight excluding hydrogens is 397 g/mol. The van der Waals surface area contributed by atoms with Crippen molar-refractivity contribution in [1.29, 1.82) is 0 Å². The number of hydrogen-bond acceptors (Lipinski definition) is 5. The summed E-state index contributed by atoms with van der Waals surface area (Å²) in [7, 11) is -2.14. The van der Waals surface area contributed by atoms with Gasteiger partial charge in [0.2, 0.25) is 21.8 Å². The Bertz CT molecular complexity index is 1010. The summed E-state index contributed by atoms with van der Waals surface area (Å²) in [6.45, 7) is -0.0243. The molecule has 1 heterocycles. The van der Waals surface area contributed by atoms with E-state index >= 15 is 0 Å². The Morgan fingerprint density at radius 2 is 1.77 bits per heavy atom. The topological polar surface area (TPSA) is 76.3 Å². The zero-order valence-corrected chi connectivity index (χ0v) is 16.1. The molecule has 0 bridgehead atoms. The summed E-state index contributed by atoms with van der Waals surface area (Å²) in [6, 6.07) is 14.0. The summed E-state index contributed by atoms with van der Waals surface area (Å²) in [5.41, 5.74) is 1.31. The van der Waals surface area contributed by atoms with Gasteiger partial charge in [0, 0.05) is 12.6 Å². The van der Waals surface area contributed by atoms with Gasteiger partial charge in [-0.1, -0.05) is 47.5 Å². The molecule has 9 heteroatoms. The third-order valence-corrected chi connectivity index (χ3v) is 6.17. The van der Waals surface area contributed by atoms with Crippen molar-refractivity contribution in [3.63, 3.8) is 0 Å². The standard InChI is InChI=1S/C17H15Cl2N3O3S/c1-22(26(23,24)11-12-7-8-14(18)15(19)9-12)10-16-20-21-17(25-16)13-5-3-2-4-6-13/h2-9H,10-11H2,1H3. The first-order valence-electron chi connectivity index (χ1n) is 7.61. The van der Waals surface area contributed by atoms with Crippen molar-refractivity contribution in [2.75, 3.05) is 7.05 Å². The highest BCUT2D eigenvalue weighted by molar-refractivity contribution is 7.88. The van der Waals surface area contributed by atoms with Gasteiger partial charge < -0.3 is 4.42 Å². The predicted molar refractivity (Wildman–Crippen MR) is 100 cm³/mol. The van der Waals surface area contributed by atoms with E-state index in [0.717, 1.165) is 9.87 Å². The van der Waals surface area contributed by atoms with E-state index in [-0.39, 0.29) is 18.2 Å². The van der Waals surface area contributed by atoms with E-state index in [0.29, 0.717) is 21.5 Å². The van der Waals surface area contributed by atoms with Crippen LogP contribution in [-0.2, 0) is 22.3 Å². The summed E-state index contributed by atoms with van der Waals surface area (Å²) in [5.74, 6) is 0.347. The molecule has 0 aliphatic rings. The number of halogens is 2. The molecule has 136 valence electrons. The molecule has 1 aromatic heterocycles. The first-order chi connectivity index (χ1) is 12.3. The number of nitrogens with zero attached hydrogens (tertiary/aromatic N) is 3. The van der Waals surface area contributed by atoms with Crippen molar-refractivity contribution in [1.82, 2.24) is 14.5 Å². The van der Waals surface area contributed by atoms with Crippen LogP contribution in [0.2, 0.25) is 10.0 Å². The SMILES string of the molecule is CN(Cc1nnc(-c2ccccc2)o1)S(=O)(=O)Cc1ccc(Cl)c(Cl)c1. The second-order valence-electron chi connectivity index (χ2n) is 5.63. The Labute approximate surface area is 161 Å². The number of hydrogen-bond donors (Lipinski definition) is 0. The molecule has 0 fully saturated rings. The average Bonchev–Trinajstić information content (AvgIpc) is 3.07. The molecule has 0 aliphatic heterocycles. The van der Waals surface area contributed by atoms with E-state index in [2.05, 4.69) is 10.2 Å². The largest absolute Gasteiger partial charge is 0.419 e. The fourth-order valence-electron chi connectivity index (χ4n) is 2.25. The second-order valence-corrected chi connectivity index (χ2v) is 8.52. The van der Waals surface area contributed by atoms with Crippen LogP contribution in [0.1, 0.15) is 11.5 Å². The summed E-state index contributed by atoms with van der Waals surface area (Å²) in [5, 5.41) is 8.56. The number of rotatable bonds is 6. The second kappa shape index (κ2) is 7.75. The van der Waals surface area contributed by atoms with Gasteiger partial charge in [-0.2, -0.15) is 4.31 Å². The fourth-order valence-corrected chi connectivity index (χ4v) is 3.70. The minimum Gasteiger partial charge on any atom is -0.419 e. The molecular formula is C17H15Cl2N3O3S. The fraction of sp³-hybridized carbons (Fsp3) is 0.176. The predicted octanol–water partition coefficient (Wildman–Crippen LogP) is 4.01. The molecule has 0 atom stereocenters. The smallest absolute Gasteiger partial charge is 0.247 e. The molecule has 2 aromatic carbocycles. The molecule has 0 saturated carbocycles. The van der Waals surface area contributed by atoms with E-state index < -0.39 is 10.0 Å². The number of sulfonamides is 1. The lowest BCUT2D eigenvalue weighted by molar-refractivity contribution is 0.399. The van der Waals surface area contributed by atoms with Gasteiger partial charge in [0.15, 0.2) is 0 Å². The first-order valence-corrected chi connectivity index (χ1v) is 9.97. The van der Waals surface area contributed by atoms with Gasteiger partial charge >= 0.3 is 0 Å². The molecule has 0 saturated heterocycles. The maximum Gasteiger partial charge on any atom is 0.247 e. The molecule has 0 N–H and O–H groups in total. The Hall–Kier alpha value is -1.93. The van der Waals surface area contributed by atoms with Crippen molar-refractivity contribution in [2.24, 2.45) is 0 Å². The van der Waals surface area contributed by atoms with Gasteiger partial charge in [-0.25, -0.2) is 8.42 Å². The number of benzene rings is 2. The van der Waals surface area contributed by atoms with Gasteiger partial charge in [-0.15, -0.1) is 10.2 Å². The molecule has 0 aliphatic carbocycles.